The maximum absolute atomic E-state index is 12.1. The zero-order valence-corrected chi connectivity index (χ0v) is 7.82. The first-order valence-corrected chi connectivity index (χ1v) is 4.49. The van der Waals surface area contributed by atoms with E-state index in [1.165, 1.54) is 0 Å². The Hall–Kier alpha value is -0.780. The SMILES string of the molecule is CC(C(=O)NC1CCNC1)C(F)(F)F. The molecule has 1 heterocycles. The van der Waals surface area contributed by atoms with Crippen molar-refractivity contribution in [2.24, 2.45) is 5.92 Å². The number of carbonyl (C=O) groups is 1. The molecule has 0 aromatic heterocycles. The third-order valence-corrected chi connectivity index (χ3v) is 2.29. The van der Waals surface area contributed by atoms with Crippen LogP contribution in [0.4, 0.5) is 13.2 Å². The number of nitrogens with one attached hydrogen (secondary N) is 2. The van der Waals surface area contributed by atoms with Crippen LogP contribution in [-0.2, 0) is 4.79 Å². The zero-order chi connectivity index (χ0) is 10.8. The van der Waals surface area contributed by atoms with Gasteiger partial charge in [0, 0.05) is 12.6 Å². The number of hydrogen-bond acceptors (Lipinski definition) is 2. The quantitative estimate of drug-likeness (QED) is 0.703. The van der Waals surface area contributed by atoms with E-state index in [-0.39, 0.29) is 6.04 Å². The van der Waals surface area contributed by atoms with E-state index in [1.54, 1.807) is 0 Å². The molecule has 0 bridgehead atoms. The van der Waals surface area contributed by atoms with Crippen molar-refractivity contribution in [1.82, 2.24) is 10.6 Å². The molecule has 1 fully saturated rings. The summed E-state index contributed by atoms with van der Waals surface area (Å²) in [5.41, 5.74) is 0. The maximum Gasteiger partial charge on any atom is 0.400 e. The number of rotatable bonds is 2. The molecular weight excluding hydrogens is 197 g/mol. The minimum absolute atomic E-state index is 0.160. The summed E-state index contributed by atoms with van der Waals surface area (Å²) in [6.45, 7) is 2.17. The number of hydrogen-bond donors (Lipinski definition) is 2. The Balaban J connectivity index is 2.41. The lowest BCUT2D eigenvalue weighted by Gasteiger charge is -2.18. The molecule has 0 saturated carbocycles. The van der Waals surface area contributed by atoms with Gasteiger partial charge in [0.2, 0.25) is 5.91 Å². The summed E-state index contributed by atoms with van der Waals surface area (Å²) in [6.07, 6.45) is -3.76. The number of alkyl halides is 3. The van der Waals surface area contributed by atoms with Crippen LogP contribution in [0.1, 0.15) is 13.3 Å². The number of carbonyl (C=O) groups excluding carboxylic acids is 1. The molecule has 2 atom stereocenters. The predicted molar refractivity (Wildman–Crippen MR) is 44.6 cm³/mol. The van der Waals surface area contributed by atoms with E-state index in [2.05, 4.69) is 10.6 Å². The van der Waals surface area contributed by atoms with Gasteiger partial charge in [0.05, 0.1) is 0 Å². The first-order valence-electron chi connectivity index (χ1n) is 4.49. The Morgan fingerprint density at radius 3 is 2.64 bits per heavy atom. The molecule has 0 aromatic rings. The van der Waals surface area contributed by atoms with E-state index in [4.69, 9.17) is 0 Å². The molecule has 2 N–H and O–H groups in total. The van der Waals surface area contributed by atoms with Crippen LogP contribution in [0.25, 0.3) is 0 Å². The van der Waals surface area contributed by atoms with Crippen LogP contribution < -0.4 is 10.6 Å². The van der Waals surface area contributed by atoms with Crippen molar-refractivity contribution in [1.29, 1.82) is 0 Å². The molecular formula is C8H13F3N2O. The molecule has 1 amide bonds. The van der Waals surface area contributed by atoms with Crippen molar-refractivity contribution in [3.63, 3.8) is 0 Å². The van der Waals surface area contributed by atoms with E-state index in [0.717, 1.165) is 13.5 Å². The van der Waals surface area contributed by atoms with E-state index in [1.807, 2.05) is 0 Å². The summed E-state index contributed by atoms with van der Waals surface area (Å²) < 4.78 is 36.3. The van der Waals surface area contributed by atoms with Gasteiger partial charge in [-0.3, -0.25) is 4.79 Å². The molecule has 0 aromatic carbocycles. The molecule has 0 aliphatic carbocycles. The third-order valence-electron chi connectivity index (χ3n) is 2.29. The van der Waals surface area contributed by atoms with Gasteiger partial charge in [0.25, 0.3) is 0 Å². The second-order valence-electron chi connectivity index (χ2n) is 3.46. The smallest absolute Gasteiger partial charge is 0.352 e. The molecule has 1 aliphatic rings. The third kappa shape index (κ3) is 2.87. The van der Waals surface area contributed by atoms with Crippen molar-refractivity contribution in [3.05, 3.63) is 0 Å². The molecule has 6 heteroatoms. The first-order chi connectivity index (χ1) is 6.41. The van der Waals surface area contributed by atoms with Crippen LogP contribution in [0.3, 0.4) is 0 Å². The van der Waals surface area contributed by atoms with E-state index in [0.29, 0.717) is 13.0 Å². The van der Waals surface area contributed by atoms with Crippen molar-refractivity contribution < 1.29 is 18.0 Å². The van der Waals surface area contributed by atoms with E-state index >= 15 is 0 Å². The summed E-state index contributed by atoms with van der Waals surface area (Å²) in [6, 6.07) is -0.160. The Labute approximate surface area is 80.0 Å². The molecule has 0 spiro atoms. The van der Waals surface area contributed by atoms with Crippen molar-refractivity contribution in [2.45, 2.75) is 25.6 Å². The normalized spacial score (nSPS) is 24.7. The van der Waals surface area contributed by atoms with Gasteiger partial charge < -0.3 is 10.6 Å². The fourth-order valence-electron chi connectivity index (χ4n) is 1.25. The largest absolute Gasteiger partial charge is 0.400 e. The Bertz CT molecular complexity index is 211. The summed E-state index contributed by atoms with van der Waals surface area (Å²) >= 11 is 0. The van der Waals surface area contributed by atoms with Crippen LogP contribution in [0.5, 0.6) is 0 Å². The van der Waals surface area contributed by atoms with Crippen LogP contribution in [-0.4, -0.2) is 31.2 Å². The Morgan fingerprint density at radius 1 is 1.57 bits per heavy atom. The molecule has 1 saturated heterocycles. The molecule has 14 heavy (non-hydrogen) atoms. The summed E-state index contributed by atoms with van der Waals surface area (Å²) in [4.78, 5) is 11.1. The lowest BCUT2D eigenvalue weighted by molar-refractivity contribution is -0.179. The second-order valence-corrected chi connectivity index (χ2v) is 3.46. The topological polar surface area (TPSA) is 41.1 Å². The zero-order valence-electron chi connectivity index (χ0n) is 7.82. The maximum atomic E-state index is 12.1. The Morgan fingerprint density at radius 2 is 2.21 bits per heavy atom. The minimum Gasteiger partial charge on any atom is -0.352 e. The van der Waals surface area contributed by atoms with Crippen LogP contribution in [0.15, 0.2) is 0 Å². The van der Waals surface area contributed by atoms with Gasteiger partial charge in [-0.05, 0) is 19.9 Å². The highest BCUT2D eigenvalue weighted by atomic mass is 19.4. The Kier molecular flexibility index (Phi) is 3.36. The molecule has 82 valence electrons. The van der Waals surface area contributed by atoms with Crippen molar-refractivity contribution in [2.75, 3.05) is 13.1 Å². The molecule has 3 nitrogen and oxygen atoms in total. The number of halogens is 3. The van der Waals surface area contributed by atoms with Crippen molar-refractivity contribution >= 4 is 5.91 Å². The summed E-state index contributed by atoms with van der Waals surface area (Å²) in [5.74, 6) is -2.87. The van der Waals surface area contributed by atoms with Crippen LogP contribution in [0.2, 0.25) is 0 Å². The minimum atomic E-state index is -4.45. The van der Waals surface area contributed by atoms with E-state index < -0.39 is 18.0 Å². The lowest BCUT2D eigenvalue weighted by atomic mass is 10.1. The van der Waals surface area contributed by atoms with Gasteiger partial charge in [0.1, 0.15) is 5.92 Å². The first kappa shape index (κ1) is 11.3. The molecule has 1 rings (SSSR count). The lowest BCUT2D eigenvalue weighted by Crippen LogP contribution is -2.43. The molecule has 1 aliphatic heterocycles. The fourth-order valence-corrected chi connectivity index (χ4v) is 1.25. The molecule has 0 radical (unpaired) electrons. The second kappa shape index (κ2) is 4.16. The van der Waals surface area contributed by atoms with Crippen LogP contribution >= 0.6 is 0 Å². The van der Waals surface area contributed by atoms with E-state index in [9.17, 15) is 18.0 Å². The summed E-state index contributed by atoms with van der Waals surface area (Å²) in [7, 11) is 0. The summed E-state index contributed by atoms with van der Waals surface area (Å²) in [5, 5.41) is 5.32. The highest BCUT2D eigenvalue weighted by Gasteiger charge is 2.41. The average Bonchev–Trinajstić information content (AvgIpc) is 2.53. The van der Waals surface area contributed by atoms with Gasteiger partial charge in [-0.25, -0.2) is 0 Å². The standard InChI is InChI=1S/C8H13F3N2O/c1-5(8(9,10)11)7(14)13-6-2-3-12-4-6/h5-6,12H,2-4H2,1H3,(H,13,14). The van der Waals surface area contributed by atoms with Gasteiger partial charge in [-0.15, -0.1) is 0 Å². The van der Waals surface area contributed by atoms with Gasteiger partial charge in [0.15, 0.2) is 0 Å². The van der Waals surface area contributed by atoms with Gasteiger partial charge >= 0.3 is 6.18 Å². The van der Waals surface area contributed by atoms with Gasteiger partial charge in [-0.2, -0.15) is 13.2 Å². The highest BCUT2D eigenvalue weighted by molar-refractivity contribution is 5.79. The monoisotopic (exact) mass is 210 g/mol. The van der Waals surface area contributed by atoms with Gasteiger partial charge in [-0.1, -0.05) is 0 Å². The highest BCUT2D eigenvalue weighted by Crippen LogP contribution is 2.25. The predicted octanol–water partition coefficient (Wildman–Crippen LogP) is 0.663. The average molecular weight is 210 g/mol. The fraction of sp³-hybridized carbons (Fsp3) is 0.875. The van der Waals surface area contributed by atoms with Crippen molar-refractivity contribution in [3.8, 4) is 0 Å². The van der Waals surface area contributed by atoms with Crippen LogP contribution in [0, 0.1) is 5.92 Å². The molecule has 2 unspecified atom stereocenters. The number of amides is 1.